The molecule has 2 unspecified atom stereocenters. The van der Waals surface area contributed by atoms with Crippen molar-refractivity contribution in [2.75, 3.05) is 26.9 Å². The van der Waals surface area contributed by atoms with Crippen LogP contribution in [0.25, 0.3) is 0 Å². The smallest absolute Gasteiger partial charge is 0.241 e. The Balaban J connectivity index is 1.99. The van der Waals surface area contributed by atoms with Gasteiger partial charge in [-0.3, -0.25) is 4.79 Å². The van der Waals surface area contributed by atoms with Gasteiger partial charge in [0.2, 0.25) is 5.91 Å². The van der Waals surface area contributed by atoms with Gasteiger partial charge in [-0.25, -0.2) is 0 Å². The first kappa shape index (κ1) is 21.7. The highest BCUT2D eigenvalue weighted by atomic mass is 16.5. The average Bonchev–Trinajstić information content (AvgIpc) is 2.63. The van der Waals surface area contributed by atoms with Crippen LogP contribution in [0.2, 0.25) is 0 Å². The first-order valence-electron chi connectivity index (χ1n) is 9.66. The van der Waals surface area contributed by atoms with Gasteiger partial charge in [-0.2, -0.15) is 0 Å². The molecule has 1 saturated carbocycles. The zero-order valence-electron chi connectivity index (χ0n) is 17.3. The van der Waals surface area contributed by atoms with Crippen LogP contribution in [0.15, 0.2) is 18.2 Å². The van der Waals surface area contributed by atoms with Gasteiger partial charge in [-0.1, -0.05) is 26.0 Å². The average molecular weight is 379 g/mol. The maximum absolute atomic E-state index is 12.8. The van der Waals surface area contributed by atoms with Crippen molar-refractivity contribution in [1.82, 2.24) is 5.32 Å². The van der Waals surface area contributed by atoms with E-state index in [2.05, 4.69) is 5.32 Å². The number of ether oxygens (including phenoxy) is 3. The molecule has 0 bridgehead atoms. The lowest BCUT2D eigenvalue weighted by Crippen LogP contribution is -2.75. The number of rotatable bonds is 10. The summed E-state index contributed by atoms with van der Waals surface area (Å²) in [6, 6.07) is 5.99. The summed E-state index contributed by atoms with van der Waals surface area (Å²) in [5, 5.41) is 3.00. The van der Waals surface area contributed by atoms with Crippen LogP contribution in [-0.2, 0) is 20.8 Å². The molecule has 6 nitrogen and oxygen atoms in total. The van der Waals surface area contributed by atoms with E-state index in [1.54, 1.807) is 7.11 Å². The second-order valence-electron chi connectivity index (χ2n) is 7.83. The second-order valence-corrected chi connectivity index (χ2v) is 7.83. The molecule has 0 spiro atoms. The zero-order chi connectivity index (χ0) is 20.1. The Bertz CT molecular complexity index is 647. The van der Waals surface area contributed by atoms with Crippen LogP contribution in [0.3, 0.4) is 0 Å². The minimum atomic E-state index is -0.920. The van der Waals surface area contributed by atoms with Crippen LogP contribution in [0, 0.1) is 12.3 Å². The third-order valence-corrected chi connectivity index (χ3v) is 5.65. The number of nitrogens with two attached hydrogens (primary N) is 1. The van der Waals surface area contributed by atoms with Crippen LogP contribution in [0.1, 0.15) is 44.7 Å². The van der Waals surface area contributed by atoms with Gasteiger partial charge in [0.05, 0.1) is 12.7 Å². The molecule has 1 fully saturated rings. The van der Waals surface area contributed by atoms with Crippen LogP contribution < -0.4 is 15.8 Å². The highest BCUT2D eigenvalue weighted by molar-refractivity contribution is 5.88. The number of carbonyl (C=O) groups excluding carboxylic acids is 1. The van der Waals surface area contributed by atoms with Crippen molar-refractivity contribution in [3.8, 4) is 5.75 Å². The van der Waals surface area contributed by atoms with E-state index in [0.29, 0.717) is 32.8 Å². The molecule has 0 aliphatic heterocycles. The summed E-state index contributed by atoms with van der Waals surface area (Å²) in [6.45, 7) is 10.2. The molecule has 6 heteroatoms. The minimum Gasteiger partial charge on any atom is -0.493 e. The van der Waals surface area contributed by atoms with Crippen molar-refractivity contribution in [3.05, 3.63) is 29.3 Å². The molecule has 0 aromatic heterocycles. The maximum Gasteiger partial charge on any atom is 0.241 e. The first-order chi connectivity index (χ1) is 12.8. The number of benzene rings is 1. The number of hydrogen-bond acceptors (Lipinski definition) is 5. The molecule has 2 rings (SSSR count). The maximum atomic E-state index is 12.8. The summed E-state index contributed by atoms with van der Waals surface area (Å²) in [7, 11) is 1.67. The SMILES string of the molecule is CCOC1CC(N)(C(=O)NCc2ccc(C)cc2OCCCOC)C1(C)C. The second kappa shape index (κ2) is 9.04. The van der Waals surface area contributed by atoms with Gasteiger partial charge in [0.25, 0.3) is 0 Å². The van der Waals surface area contributed by atoms with E-state index in [9.17, 15) is 4.79 Å². The molecule has 1 aliphatic carbocycles. The highest BCUT2D eigenvalue weighted by Crippen LogP contribution is 2.49. The van der Waals surface area contributed by atoms with Gasteiger partial charge in [-0.15, -0.1) is 0 Å². The van der Waals surface area contributed by atoms with Crippen molar-refractivity contribution in [2.45, 2.75) is 58.7 Å². The Hall–Kier alpha value is -1.63. The lowest BCUT2D eigenvalue weighted by molar-refractivity contribution is -0.170. The first-order valence-corrected chi connectivity index (χ1v) is 9.66. The Labute approximate surface area is 162 Å². The monoisotopic (exact) mass is 378 g/mol. The fourth-order valence-electron chi connectivity index (χ4n) is 3.48. The minimum absolute atomic E-state index is 0.0114. The van der Waals surface area contributed by atoms with E-state index < -0.39 is 11.0 Å². The Morgan fingerprint density at radius 2 is 2.07 bits per heavy atom. The van der Waals surface area contributed by atoms with Gasteiger partial charge in [-0.05, 0) is 25.5 Å². The van der Waals surface area contributed by atoms with E-state index in [1.165, 1.54) is 0 Å². The van der Waals surface area contributed by atoms with Crippen molar-refractivity contribution in [3.63, 3.8) is 0 Å². The van der Waals surface area contributed by atoms with Crippen molar-refractivity contribution in [2.24, 2.45) is 11.1 Å². The molecule has 1 aromatic carbocycles. The molecule has 1 aliphatic rings. The van der Waals surface area contributed by atoms with Crippen LogP contribution in [0.5, 0.6) is 5.75 Å². The highest BCUT2D eigenvalue weighted by Gasteiger charge is 2.62. The van der Waals surface area contributed by atoms with E-state index in [0.717, 1.165) is 23.3 Å². The quantitative estimate of drug-likeness (QED) is 0.612. The van der Waals surface area contributed by atoms with Gasteiger partial charge >= 0.3 is 0 Å². The van der Waals surface area contributed by atoms with E-state index in [1.807, 2.05) is 45.9 Å². The number of nitrogens with one attached hydrogen (secondary N) is 1. The predicted octanol–water partition coefficient (Wildman–Crippen LogP) is 2.56. The van der Waals surface area contributed by atoms with Gasteiger partial charge in [0.1, 0.15) is 11.3 Å². The molecule has 0 radical (unpaired) electrons. The van der Waals surface area contributed by atoms with Gasteiger partial charge in [0, 0.05) is 50.7 Å². The molecule has 152 valence electrons. The molecule has 27 heavy (non-hydrogen) atoms. The van der Waals surface area contributed by atoms with E-state index >= 15 is 0 Å². The summed E-state index contributed by atoms with van der Waals surface area (Å²) in [4.78, 5) is 12.8. The standard InChI is InChI=1S/C21H34N2O4/c1-6-26-18-13-21(22,20(18,3)4)19(24)23-14-16-9-8-15(2)12-17(16)27-11-7-10-25-5/h8-9,12,18H,6-7,10-11,13-14,22H2,1-5H3,(H,23,24). The molecule has 0 saturated heterocycles. The largest absolute Gasteiger partial charge is 0.493 e. The lowest BCUT2D eigenvalue weighted by Gasteiger charge is -2.57. The topological polar surface area (TPSA) is 82.8 Å². The fraction of sp³-hybridized carbons (Fsp3) is 0.667. The number of methoxy groups -OCH3 is 1. The number of hydrogen-bond donors (Lipinski definition) is 2. The van der Waals surface area contributed by atoms with Gasteiger partial charge < -0.3 is 25.3 Å². The summed E-state index contributed by atoms with van der Waals surface area (Å²) < 4.78 is 16.6. The third-order valence-electron chi connectivity index (χ3n) is 5.65. The van der Waals surface area contributed by atoms with Crippen molar-refractivity contribution < 1.29 is 19.0 Å². The summed E-state index contributed by atoms with van der Waals surface area (Å²) in [5.74, 6) is 0.645. The predicted molar refractivity (Wildman–Crippen MR) is 106 cm³/mol. The molecule has 1 amide bonds. The Morgan fingerprint density at radius 3 is 2.70 bits per heavy atom. The Morgan fingerprint density at radius 1 is 1.33 bits per heavy atom. The summed E-state index contributed by atoms with van der Waals surface area (Å²) in [6.07, 6.45) is 1.36. The van der Waals surface area contributed by atoms with Crippen molar-refractivity contribution >= 4 is 5.91 Å². The lowest BCUT2D eigenvalue weighted by atomic mass is 9.54. The molecule has 3 N–H and O–H groups in total. The summed E-state index contributed by atoms with van der Waals surface area (Å²) in [5.41, 5.74) is 7.18. The molecule has 1 aromatic rings. The number of aryl methyl sites for hydroxylation is 1. The van der Waals surface area contributed by atoms with Crippen LogP contribution in [-0.4, -0.2) is 44.5 Å². The normalized spacial score (nSPS) is 23.6. The molecular weight excluding hydrogens is 344 g/mol. The van der Waals surface area contributed by atoms with Crippen LogP contribution in [0.4, 0.5) is 0 Å². The van der Waals surface area contributed by atoms with E-state index in [-0.39, 0.29) is 12.0 Å². The molecular formula is C21H34N2O4. The summed E-state index contributed by atoms with van der Waals surface area (Å²) >= 11 is 0. The fourth-order valence-corrected chi connectivity index (χ4v) is 3.48. The zero-order valence-corrected chi connectivity index (χ0v) is 17.3. The molecule has 2 atom stereocenters. The number of carbonyl (C=O) groups is 1. The number of amides is 1. The molecule has 0 heterocycles. The Kier molecular flexibility index (Phi) is 7.25. The van der Waals surface area contributed by atoms with E-state index in [4.69, 9.17) is 19.9 Å². The van der Waals surface area contributed by atoms with Crippen LogP contribution >= 0.6 is 0 Å². The third kappa shape index (κ3) is 4.62. The van der Waals surface area contributed by atoms with Crippen molar-refractivity contribution in [1.29, 1.82) is 0 Å². The van der Waals surface area contributed by atoms with Gasteiger partial charge in [0.15, 0.2) is 0 Å².